The van der Waals surface area contributed by atoms with Gasteiger partial charge in [0, 0.05) is 19.0 Å². The van der Waals surface area contributed by atoms with Gasteiger partial charge in [0.1, 0.15) is 0 Å². The van der Waals surface area contributed by atoms with Crippen LogP contribution in [0.2, 0.25) is 0 Å². The largest absolute Gasteiger partial charge is 0.395 e. The van der Waals surface area contributed by atoms with Gasteiger partial charge in [0.25, 0.3) is 12.3 Å². The maximum absolute atomic E-state index is 12.5. The van der Waals surface area contributed by atoms with E-state index in [9.17, 15) is 13.6 Å². The van der Waals surface area contributed by atoms with Crippen LogP contribution in [-0.2, 0) is 7.05 Å². The van der Waals surface area contributed by atoms with Gasteiger partial charge in [0.2, 0.25) is 0 Å². The predicted molar refractivity (Wildman–Crippen MR) is 69.7 cm³/mol. The van der Waals surface area contributed by atoms with E-state index < -0.39 is 18.9 Å². The number of aromatic nitrogens is 2. The Bertz CT molecular complexity index is 613. The number of aliphatic hydroxyl groups is 1. The van der Waals surface area contributed by atoms with E-state index in [-0.39, 0.29) is 18.8 Å². The Morgan fingerprint density at radius 3 is 2.80 bits per heavy atom. The summed E-state index contributed by atoms with van der Waals surface area (Å²) in [7, 11) is 1.68. The predicted octanol–water partition coefficient (Wildman–Crippen LogP) is 1.27. The van der Waals surface area contributed by atoms with E-state index in [0.717, 1.165) is 10.4 Å². The summed E-state index contributed by atoms with van der Waals surface area (Å²) in [4.78, 5) is 13.2. The number of alkyl halides is 2. The number of carbonyl (C=O) groups is 1. The topological polar surface area (TPSA) is 58.4 Å². The number of hydrogen-bond acceptors (Lipinski definition) is 3. The van der Waals surface area contributed by atoms with E-state index in [4.69, 9.17) is 5.11 Å². The quantitative estimate of drug-likeness (QED) is 0.899. The molecule has 1 heterocycles. The van der Waals surface area contributed by atoms with Gasteiger partial charge in [-0.3, -0.25) is 9.48 Å². The Morgan fingerprint density at radius 1 is 1.45 bits per heavy atom. The molecule has 0 spiro atoms. The summed E-state index contributed by atoms with van der Waals surface area (Å²) >= 11 is 0. The molecule has 0 fully saturated rings. The van der Waals surface area contributed by atoms with Crippen molar-refractivity contribution in [3.63, 3.8) is 0 Å². The molecule has 0 unspecified atom stereocenters. The Morgan fingerprint density at radius 2 is 2.15 bits per heavy atom. The molecule has 0 aliphatic carbocycles. The molecule has 1 aromatic heterocycles. The lowest BCUT2D eigenvalue weighted by Gasteiger charge is -2.20. The monoisotopic (exact) mass is 283 g/mol. The molecule has 0 bridgehead atoms. The van der Waals surface area contributed by atoms with Crippen molar-refractivity contribution < 1.29 is 18.7 Å². The first-order valence-corrected chi connectivity index (χ1v) is 6.14. The van der Waals surface area contributed by atoms with Crippen LogP contribution in [0.15, 0.2) is 24.3 Å². The molecule has 5 nitrogen and oxygen atoms in total. The number of fused-ring (bicyclic) bond motifs is 1. The molecule has 20 heavy (non-hydrogen) atoms. The lowest BCUT2D eigenvalue weighted by molar-refractivity contribution is 0.0505. The minimum atomic E-state index is -2.65. The van der Waals surface area contributed by atoms with Gasteiger partial charge in [0.05, 0.1) is 18.7 Å². The molecule has 0 radical (unpaired) electrons. The standard InChI is InChI=1S/C13H15F2N3O2/c1-17-10-5-3-2-4-9(10)12(16-17)13(20)18(6-7-19)8-11(14)15/h2-5,11,19H,6-8H2,1H3. The SMILES string of the molecule is Cn1nc(C(=O)N(CCO)CC(F)F)c2ccccc21. The molecule has 0 saturated heterocycles. The number of aliphatic hydroxyl groups excluding tert-OH is 1. The van der Waals surface area contributed by atoms with Crippen molar-refractivity contribution in [3.8, 4) is 0 Å². The van der Waals surface area contributed by atoms with Gasteiger partial charge in [-0.1, -0.05) is 18.2 Å². The van der Waals surface area contributed by atoms with Crippen molar-refractivity contribution in [2.45, 2.75) is 6.43 Å². The van der Waals surface area contributed by atoms with Gasteiger partial charge in [0.15, 0.2) is 5.69 Å². The molecule has 0 aliphatic heterocycles. The summed E-state index contributed by atoms with van der Waals surface area (Å²) in [5.74, 6) is -0.601. The van der Waals surface area contributed by atoms with Crippen molar-refractivity contribution in [1.82, 2.24) is 14.7 Å². The van der Waals surface area contributed by atoms with Gasteiger partial charge >= 0.3 is 0 Å². The van der Waals surface area contributed by atoms with Crippen molar-refractivity contribution in [2.75, 3.05) is 19.7 Å². The fraction of sp³-hybridized carbons (Fsp3) is 0.385. The maximum Gasteiger partial charge on any atom is 0.275 e. The number of halogens is 2. The molecule has 0 atom stereocenters. The van der Waals surface area contributed by atoms with E-state index in [1.54, 1.807) is 25.2 Å². The van der Waals surface area contributed by atoms with Gasteiger partial charge in [-0.15, -0.1) is 0 Å². The zero-order valence-electron chi connectivity index (χ0n) is 11.0. The summed E-state index contributed by atoms with van der Waals surface area (Å²) in [5.41, 5.74) is 0.869. The highest BCUT2D eigenvalue weighted by Gasteiger charge is 2.23. The molecular weight excluding hydrogens is 268 g/mol. The fourth-order valence-corrected chi connectivity index (χ4v) is 2.08. The molecule has 0 saturated carbocycles. The van der Waals surface area contributed by atoms with Crippen molar-refractivity contribution in [3.05, 3.63) is 30.0 Å². The van der Waals surface area contributed by atoms with Crippen molar-refractivity contribution in [1.29, 1.82) is 0 Å². The number of amides is 1. The van der Waals surface area contributed by atoms with Crippen LogP contribution in [0.4, 0.5) is 8.78 Å². The first-order valence-electron chi connectivity index (χ1n) is 6.14. The van der Waals surface area contributed by atoms with Crippen LogP contribution < -0.4 is 0 Å². The second kappa shape index (κ2) is 5.96. The highest BCUT2D eigenvalue weighted by atomic mass is 19.3. The Hall–Kier alpha value is -2.02. The lowest BCUT2D eigenvalue weighted by Crippen LogP contribution is -2.37. The second-order valence-corrected chi connectivity index (χ2v) is 4.36. The molecule has 1 amide bonds. The van der Waals surface area contributed by atoms with Crippen LogP contribution in [-0.4, -0.2) is 51.8 Å². The number of para-hydroxylation sites is 1. The molecule has 108 valence electrons. The third-order valence-electron chi connectivity index (χ3n) is 2.98. The molecule has 1 aromatic carbocycles. The van der Waals surface area contributed by atoms with E-state index >= 15 is 0 Å². The molecule has 2 aromatic rings. The highest BCUT2D eigenvalue weighted by molar-refractivity contribution is 6.04. The Kier molecular flexibility index (Phi) is 4.29. The van der Waals surface area contributed by atoms with Gasteiger partial charge in [-0.25, -0.2) is 8.78 Å². The van der Waals surface area contributed by atoms with Gasteiger partial charge in [-0.05, 0) is 6.07 Å². The summed E-state index contributed by atoms with van der Waals surface area (Å²) in [6.07, 6.45) is -2.65. The summed E-state index contributed by atoms with van der Waals surface area (Å²) in [6, 6.07) is 7.07. The Labute approximate surface area is 114 Å². The normalized spacial score (nSPS) is 11.2. The summed E-state index contributed by atoms with van der Waals surface area (Å²) in [5, 5.41) is 13.6. The number of carbonyl (C=O) groups excluding carboxylic acids is 1. The molecular formula is C13H15F2N3O2. The van der Waals surface area contributed by atoms with E-state index in [1.807, 2.05) is 6.07 Å². The van der Waals surface area contributed by atoms with Crippen molar-refractivity contribution >= 4 is 16.8 Å². The first-order chi connectivity index (χ1) is 9.54. The number of nitrogens with zero attached hydrogens (tertiary/aromatic N) is 3. The average Bonchev–Trinajstić information content (AvgIpc) is 2.75. The third-order valence-corrected chi connectivity index (χ3v) is 2.98. The zero-order valence-corrected chi connectivity index (χ0v) is 11.0. The van der Waals surface area contributed by atoms with Crippen LogP contribution >= 0.6 is 0 Å². The van der Waals surface area contributed by atoms with Crippen LogP contribution in [0.1, 0.15) is 10.5 Å². The average molecular weight is 283 g/mol. The molecule has 1 N–H and O–H groups in total. The number of rotatable bonds is 5. The Balaban J connectivity index is 2.38. The minimum Gasteiger partial charge on any atom is -0.395 e. The molecule has 2 rings (SSSR count). The fourth-order valence-electron chi connectivity index (χ4n) is 2.08. The van der Waals surface area contributed by atoms with Crippen LogP contribution in [0.3, 0.4) is 0 Å². The van der Waals surface area contributed by atoms with Crippen LogP contribution in [0.25, 0.3) is 10.9 Å². The molecule has 0 aliphatic rings. The van der Waals surface area contributed by atoms with E-state index in [0.29, 0.717) is 5.39 Å². The second-order valence-electron chi connectivity index (χ2n) is 4.36. The van der Waals surface area contributed by atoms with E-state index in [2.05, 4.69) is 5.10 Å². The van der Waals surface area contributed by atoms with Crippen LogP contribution in [0, 0.1) is 0 Å². The minimum absolute atomic E-state index is 0.122. The zero-order chi connectivity index (χ0) is 14.7. The smallest absolute Gasteiger partial charge is 0.275 e. The van der Waals surface area contributed by atoms with Gasteiger partial charge < -0.3 is 10.0 Å². The highest BCUT2D eigenvalue weighted by Crippen LogP contribution is 2.19. The van der Waals surface area contributed by atoms with E-state index in [1.165, 1.54) is 4.68 Å². The third kappa shape index (κ3) is 2.77. The first kappa shape index (κ1) is 14.4. The summed E-state index contributed by atoms with van der Waals surface area (Å²) in [6.45, 7) is -1.23. The van der Waals surface area contributed by atoms with Gasteiger partial charge in [-0.2, -0.15) is 5.10 Å². The lowest BCUT2D eigenvalue weighted by atomic mass is 10.2. The summed E-state index contributed by atoms with van der Waals surface area (Å²) < 4.78 is 26.5. The molecule has 7 heteroatoms. The number of aryl methyl sites for hydroxylation is 1. The van der Waals surface area contributed by atoms with Crippen LogP contribution in [0.5, 0.6) is 0 Å². The van der Waals surface area contributed by atoms with Crippen molar-refractivity contribution in [2.24, 2.45) is 7.05 Å². The maximum atomic E-state index is 12.5. The number of hydrogen-bond donors (Lipinski definition) is 1. The number of benzene rings is 1.